The van der Waals surface area contributed by atoms with Crippen LogP contribution >= 0.6 is 0 Å². The van der Waals surface area contributed by atoms with Gasteiger partial charge in [0.25, 0.3) is 0 Å². The molecule has 0 saturated carbocycles. The van der Waals surface area contributed by atoms with Gasteiger partial charge in [0, 0.05) is 29.7 Å². The maximum absolute atomic E-state index is 14.0. The van der Waals surface area contributed by atoms with Gasteiger partial charge in [-0.15, -0.1) is 0 Å². The number of rotatable bonds is 8. The second-order valence-electron chi connectivity index (χ2n) is 8.38. The number of hydrogen-bond acceptors (Lipinski definition) is 5. The highest BCUT2D eigenvalue weighted by Gasteiger charge is 2.16. The third-order valence-corrected chi connectivity index (χ3v) is 5.51. The van der Waals surface area contributed by atoms with Gasteiger partial charge in [0.15, 0.2) is 17.3 Å². The van der Waals surface area contributed by atoms with E-state index in [0.717, 1.165) is 18.1 Å². The highest BCUT2D eigenvalue weighted by atomic mass is 19.1. The SMILES string of the molecule is C=N/C=C(F)\C=C(/C)c1nc(NCCc2c[nH]c3cc(C)ccc23)c2ncn(C(C)C)c2n1. The molecule has 0 aliphatic heterocycles. The van der Waals surface area contributed by atoms with Crippen LogP contribution in [0.4, 0.5) is 10.2 Å². The summed E-state index contributed by atoms with van der Waals surface area (Å²) in [6, 6.07) is 6.59. The number of nitrogens with zero attached hydrogens (tertiary/aromatic N) is 5. The van der Waals surface area contributed by atoms with Crippen LogP contribution in [0.25, 0.3) is 27.6 Å². The van der Waals surface area contributed by atoms with Crippen molar-refractivity contribution in [3.8, 4) is 0 Å². The minimum atomic E-state index is -0.507. The molecule has 0 radical (unpaired) electrons. The average molecular weight is 446 g/mol. The van der Waals surface area contributed by atoms with Gasteiger partial charge >= 0.3 is 0 Å². The van der Waals surface area contributed by atoms with Crippen molar-refractivity contribution >= 4 is 40.2 Å². The van der Waals surface area contributed by atoms with Crippen LogP contribution in [-0.2, 0) is 6.42 Å². The molecule has 7 nitrogen and oxygen atoms in total. The molecule has 170 valence electrons. The van der Waals surface area contributed by atoms with Crippen LogP contribution in [0.1, 0.15) is 43.8 Å². The summed E-state index contributed by atoms with van der Waals surface area (Å²) in [7, 11) is 0. The lowest BCUT2D eigenvalue weighted by atomic mass is 10.1. The second-order valence-corrected chi connectivity index (χ2v) is 8.38. The fourth-order valence-electron chi connectivity index (χ4n) is 3.81. The van der Waals surface area contributed by atoms with E-state index in [1.807, 2.05) is 4.57 Å². The van der Waals surface area contributed by atoms with Crippen molar-refractivity contribution in [2.24, 2.45) is 4.99 Å². The minimum Gasteiger partial charge on any atom is -0.368 e. The van der Waals surface area contributed by atoms with Crippen LogP contribution < -0.4 is 5.32 Å². The molecule has 1 aromatic carbocycles. The third kappa shape index (κ3) is 4.69. The molecule has 0 spiro atoms. The fourth-order valence-corrected chi connectivity index (χ4v) is 3.81. The highest BCUT2D eigenvalue weighted by molar-refractivity contribution is 5.85. The van der Waals surface area contributed by atoms with Crippen LogP contribution in [0.2, 0.25) is 0 Å². The van der Waals surface area contributed by atoms with E-state index >= 15 is 0 Å². The Balaban J connectivity index is 1.65. The number of aryl methyl sites for hydroxylation is 1. The first-order valence-corrected chi connectivity index (χ1v) is 10.9. The molecule has 2 N–H and O–H groups in total. The van der Waals surface area contributed by atoms with Crippen LogP contribution in [0.3, 0.4) is 0 Å². The summed E-state index contributed by atoms with van der Waals surface area (Å²) < 4.78 is 16.0. The number of H-pyrrole nitrogens is 1. The van der Waals surface area contributed by atoms with Crippen LogP contribution in [0.15, 0.2) is 53.8 Å². The zero-order chi connectivity index (χ0) is 23.5. The summed E-state index contributed by atoms with van der Waals surface area (Å²) in [5.41, 5.74) is 5.58. The van der Waals surface area contributed by atoms with Crippen LogP contribution in [0.5, 0.6) is 0 Å². The van der Waals surface area contributed by atoms with Crippen LogP contribution in [-0.4, -0.2) is 37.8 Å². The third-order valence-electron chi connectivity index (χ3n) is 5.51. The lowest BCUT2D eigenvalue weighted by Crippen LogP contribution is -2.10. The quantitative estimate of drug-likeness (QED) is 0.266. The molecular weight excluding hydrogens is 417 g/mol. The maximum Gasteiger partial charge on any atom is 0.166 e. The largest absolute Gasteiger partial charge is 0.368 e. The molecule has 0 unspecified atom stereocenters. The molecule has 3 aromatic heterocycles. The predicted molar refractivity (Wildman–Crippen MR) is 133 cm³/mol. The summed E-state index contributed by atoms with van der Waals surface area (Å²) in [6.45, 7) is 11.9. The maximum atomic E-state index is 14.0. The van der Waals surface area contributed by atoms with E-state index in [-0.39, 0.29) is 6.04 Å². The normalized spacial score (nSPS) is 12.8. The summed E-state index contributed by atoms with van der Waals surface area (Å²) in [5, 5.41) is 4.64. The Bertz CT molecular complexity index is 1370. The van der Waals surface area contributed by atoms with Gasteiger partial charge in [-0.1, -0.05) is 12.1 Å². The number of fused-ring (bicyclic) bond motifs is 2. The zero-order valence-electron chi connectivity index (χ0n) is 19.4. The Morgan fingerprint density at radius 1 is 1.33 bits per heavy atom. The minimum absolute atomic E-state index is 0.172. The van der Waals surface area contributed by atoms with Crippen molar-refractivity contribution in [3.63, 3.8) is 0 Å². The van der Waals surface area contributed by atoms with Crippen molar-refractivity contribution in [2.45, 2.75) is 40.2 Å². The van der Waals surface area contributed by atoms with Gasteiger partial charge in [-0.05, 0) is 69.7 Å². The number of nitrogens with one attached hydrogen (secondary N) is 2. The topological polar surface area (TPSA) is 83.8 Å². The Morgan fingerprint density at radius 2 is 2.15 bits per heavy atom. The number of imidazole rings is 1. The summed E-state index contributed by atoms with van der Waals surface area (Å²) in [5.74, 6) is 0.555. The molecule has 0 aliphatic rings. The number of anilines is 1. The van der Waals surface area contributed by atoms with Gasteiger partial charge in [-0.2, -0.15) is 0 Å². The van der Waals surface area contributed by atoms with Crippen molar-refractivity contribution in [1.29, 1.82) is 0 Å². The monoisotopic (exact) mass is 445 g/mol. The highest BCUT2D eigenvalue weighted by Crippen LogP contribution is 2.25. The Labute approximate surface area is 192 Å². The molecule has 0 amide bonds. The molecule has 0 saturated heterocycles. The number of aromatic nitrogens is 5. The van der Waals surface area contributed by atoms with E-state index in [0.29, 0.717) is 34.9 Å². The number of aromatic amines is 1. The number of aliphatic imine (C=N–C) groups is 1. The fraction of sp³-hybridized carbons (Fsp3) is 0.280. The number of allylic oxidation sites excluding steroid dienone is 3. The second kappa shape index (κ2) is 9.36. The van der Waals surface area contributed by atoms with Crippen molar-refractivity contribution in [3.05, 3.63) is 65.8 Å². The lowest BCUT2D eigenvalue weighted by Gasteiger charge is -2.11. The smallest absolute Gasteiger partial charge is 0.166 e. The summed E-state index contributed by atoms with van der Waals surface area (Å²) >= 11 is 0. The van der Waals surface area contributed by atoms with Gasteiger partial charge in [-0.3, -0.25) is 4.99 Å². The van der Waals surface area contributed by atoms with E-state index in [4.69, 9.17) is 0 Å². The first-order valence-electron chi connectivity index (χ1n) is 10.9. The van der Waals surface area contributed by atoms with Crippen molar-refractivity contribution < 1.29 is 4.39 Å². The molecule has 3 heterocycles. The molecule has 0 atom stereocenters. The summed E-state index contributed by atoms with van der Waals surface area (Å²) in [6.07, 6.45) is 7.04. The van der Waals surface area contributed by atoms with E-state index in [1.165, 1.54) is 22.6 Å². The first kappa shape index (κ1) is 22.4. The van der Waals surface area contributed by atoms with Gasteiger partial charge in [0.2, 0.25) is 0 Å². The molecule has 4 aromatic rings. The van der Waals surface area contributed by atoms with Crippen LogP contribution in [0, 0.1) is 6.92 Å². The first-order chi connectivity index (χ1) is 15.9. The molecule has 33 heavy (non-hydrogen) atoms. The Hall–Kier alpha value is -3.81. The van der Waals surface area contributed by atoms with E-state index in [9.17, 15) is 4.39 Å². The number of benzene rings is 1. The van der Waals surface area contributed by atoms with Gasteiger partial charge in [0.1, 0.15) is 11.3 Å². The van der Waals surface area contributed by atoms with Crippen molar-refractivity contribution in [1.82, 2.24) is 24.5 Å². The van der Waals surface area contributed by atoms with Gasteiger partial charge < -0.3 is 14.9 Å². The van der Waals surface area contributed by atoms with Gasteiger partial charge in [0.05, 0.1) is 12.5 Å². The Morgan fingerprint density at radius 3 is 2.91 bits per heavy atom. The standard InChI is InChI=1S/C25H28FN7/c1-15(2)33-14-30-22-24(31-23(32-25(22)33)17(4)11-19(26)13-27-5)28-9-8-18-12-29-21-10-16(3)6-7-20(18)21/h6-7,10-15,29H,5,8-9H2,1-4H3,(H,28,31,32)/b17-11+,19-13+. The van der Waals surface area contributed by atoms with Gasteiger partial charge in [-0.25, -0.2) is 19.3 Å². The number of hydrogen-bond donors (Lipinski definition) is 2. The molecule has 0 fully saturated rings. The number of halogens is 1. The molecule has 0 bridgehead atoms. The molecule has 8 heteroatoms. The zero-order valence-corrected chi connectivity index (χ0v) is 19.4. The average Bonchev–Trinajstić information content (AvgIpc) is 3.37. The van der Waals surface area contributed by atoms with E-state index in [2.05, 4.69) is 82.1 Å². The van der Waals surface area contributed by atoms with E-state index in [1.54, 1.807) is 13.3 Å². The molecule has 0 aliphatic carbocycles. The van der Waals surface area contributed by atoms with Crippen molar-refractivity contribution in [2.75, 3.05) is 11.9 Å². The predicted octanol–water partition coefficient (Wildman–Crippen LogP) is 5.77. The van der Waals surface area contributed by atoms with E-state index < -0.39 is 5.83 Å². The summed E-state index contributed by atoms with van der Waals surface area (Å²) in [4.78, 5) is 20.7. The Kier molecular flexibility index (Phi) is 6.35. The lowest BCUT2D eigenvalue weighted by molar-refractivity contribution is 0.612. The molecular formula is C25H28FN7. The molecule has 4 rings (SSSR count).